The summed E-state index contributed by atoms with van der Waals surface area (Å²) >= 11 is 0. The standard InChI is InChI=1S/C14H14N2O/c15-14(16)12-6-8-13(9-7-12)17-10-11-4-2-1-3-5-11/h1-9H,10H2,(H3,15,16)/p+1. The molecule has 0 saturated heterocycles. The molecule has 2 rings (SSSR count). The van der Waals surface area contributed by atoms with Crippen molar-refractivity contribution in [2.75, 3.05) is 0 Å². The summed E-state index contributed by atoms with van der Waals surface area (Å²) in [6, 6.07) is 17.4. The van der Waals surface area contributed by atoms with Crippen LogP contribution < -0.4 is 15.9 Å². The zero-order valence-corrected chi connectivity index (χ0v) is 9.47. The SMILES string of the molecule is NC(=[NH2+])c1ccc(OCc2ccccc2)cc1. The van der Waals surface area contributed by atoms with Crippen LogP contribution in [0, 0.1) is 0 Å². The summed E-state index contributed by atoms with van der Waals surface area (Å²) in [5.74, 6) is 1.12. The summed E-state index contributed by atoms with van der Waals surface area (Å²) in [4.78, 5) is 0. The predicted molar refractivity (Wildman–Crippen MR) is 67.4 cm³/mol. The van der Waals surface area contributed by atoms with Crippen molar-refractivity contribution in [2.45, 2.75) is 6.61 Å². The van der Waals surface area contributed by atoms with E-state index in [1.54, 1.807) is 0 Å². The third-order valence-corrected chi connectivity index (χ3v) is 2.44. The van der Waals surface area contributed by atoms with Crippen LogP contribution >= 0.6 is 0 Å². The summed E-state index contributed by atoms with van der Waals surface area (Å²) in [7, 11) is 0. The molecular formula is C14H15N2O+. The highest BCUT2D eigenvalue weighted by Crippen LogP contribution is 2.13. The van der Waals surface area contributed by atoms with Crippen molar-refractivity contribution < 1.29 is 10.1 Å². The zero-order chi connectivity index (χ0) is 12.1. The van der Waals surface area contributed by atoms with Gasteiger partial charge in [-0.25, -0.2) is 0 Å². The average molecular weight is 227 g/mol. The first-order valence-corrected chi connectivity index (χ1v) is 5.41. The fourth-order valence-electron chi connectivity index (χ4n) is 1.48. The molecule has 3 heteroatoms. The van der Waals surface area contributed by atoms with Crippen molar-refractivity contribution in [3.63, 3.8) is 0 Å². The van der Waals surface area contributed by atoms with E-state index in [9.17, 15) is 0 Å². The highest BCUT2D eigenvalue weighted by Gasteiger charge is 2.01. The van der Waals surface area contributed by atoms with E-state index >= 15 is 0 Å². The Morgan fingerprint density at radius 3 is 2.24 bits per heavy atom. The van der Waals surface area contributed by atoms with Crippen molar-refractivity contribution in [1.29, 1.82) is 0 Å². The van der Waals surface area contributed by atoms with Crippen LogP contribution in [0.4, 0.5) is 0 Å². The Hall–Kier alpha value is -2.29. The lowest BCUT2D eigenvalue weighted by atomic mass is 10.2. The fourth-order valence-corrected chi connectivity index (χ4v) is 1.48. The van der Waals surface area contributed by atoms with Crippen molar-refractivity contribution in [2.24, 2.45) is 5.73 Å². The molecule has 0 fully saturated rings. The average Bonchev–Trinajstić information content (AvgIpc) is 2.38. The molecule has 0 aliphatic rings. The van der Waals surface area contributed by atoms with Crippen LogP contribution in [-0.2, 0) is 6.61 Å². The van der Waals surface area contributed by atoms with Gasteiger partial charge in [-0.2, -0.15) is 0 Å². The van der Waals surface area contributed by atoms with Gasteiger partial charge in [-0.05, 0) is 29.8 Å². The van der Waals surface area contributed by atoms with E-state index in [2.05, 4.69) is 0 Å². The molecule has 0 aromatic heterocycles. The van der Waals surface area contributed by atoms with E-state index in [1.807, 2.05) is 54.6 Å². The normalized spacial score (nSPS) is 9.88. The summed E-state index contributed by atoms with van der Waals surface area (Å²) in [6.07, 6.45) is 0. The van der Waals surface area contributed by atoms with Gasteiger partial charge in [0.1, 0.15) is 12.4 Å². The van der Waals surface area contributed by atoms with Gasteiger partial charge in [-0.15, -0.1) is 0 Å². The topological polar surface area (TPSA) is 60.8 Å². The van der Waals surface area contributed by atoms with E-state index in [1.165, 1.54) is 0 Å². The van der Waals surface area contributed by atoms with Crippen molar-refractivity contribution >= 4 is 5.84 Å². The number of benzene rings is 2. The van der Waals surface area contributed by atoms with E-state index < -0.39 is 0 Å². The van der Waals surface area contributed by atoms with Gasteiger partial charge < -0.3 is 4.74 Å². The van der Waals surface area contributed by atoms with Gasteiger partial charge in [-0.1, -0.05) is 30.3 Å². The van der Waals surface area contributed by atoms with Crippen LogP contribution in [0.25, 0.3) is 0 Å². The van der Waals surface area contributed by atoms with Crippen LogP contribution in [0.5, 0.6) is 5.75 Å². The Morgan fingerprint density at radius 2 is 1.65 bits per heavy atom. The molecule has 0 aliphatic carbocycles. The number of nitrogens with two attached hydrogens (primary N) is 2. The molecule has 2 aromatic carbocycles. The highest BCUT2D eigenvalue weighted by atomic mass is 16.5. The monoisotopic (exact) mass is 227 g/mol. The summed E-state index contributed by atoms with van der Waals surface area (Å²) in [5, 5.41) is 5.48. The first-order valence-electron chi connectivity index (χ1n) is 5.41. The van der Waals surface area contributed by atoms with Crippen LogP contribution in [0.2, 0.25) is 0 Å². The fraction of sp³-hybridized carbons (Fsp3) is 0.0714. The maximum Gasteiger partial charge on any atom is 0.270 e. The summed E-state index contributed by atoms with van der Waals surface area (Å²) in [5.41, 5.74) is 7.44. The van der Waals surface area contributed by atoms with Gasteiger partial charge >= 0.3 is 0 Å². The van der Waals surface area contributed by atoms with Gasteiger partial charge in [-0.3, -0.25) is 11.1 Å². The van der Waals surface area contributed by atoms with E-state index in [-0.39, 0.29) is 0 Å². The third-order valence-electron chi connectivity index (χ3n) is 2.44. The molecule has 0 heterocycles. The lowest BCUT2D eigenvalue weighted by Gasteiger charge is -2.06. The Labute approximate surface area is 100 Å². The third kappa shape index (κ3) is 3.08. The molecule has 86 valence electrons. The smallest absolute Gasteiger partial charge is 0.270 e. The predicted octanol–water partition coefficient (Wildman–Crippen LogP) is 0.730. The van der Waals surface area contributed by atoms with Crippen LogP contribution in [0.3, 0.4) is 0 Å². The van der Waals surface area contributed by atoms with E-state index in [0.29, 0.717) is 12.4 Å². The molecule has 0 radical (unpaired) electrons. The molecule has 0 bridgehead atoms. The number of hydrogen-bond acceptors (Lipinski definition) is 1. The second kappa shape index (κ2) is 5.16. The van der Waals surface area contributed by atoms with E-state index in [4.69, 9.17) is 15.9 Å². The Balaban J connectivity index is 1.98. The molecule has 4 N–H and O–H groups in total. The van der Waals surface area contributed by atoms with Gasteiger partial charge in [0.05, 0.1) is 5.56 Å². The minimum absolute atomic E-state index is 0.319. The second-order valence-corrected chi connectivity index (χ2v) is 3.75. The Bertz CT molecular complexity index is 491. The first-order chi connectivity index (χ1) is 8.25. The maximum absolute atomic E-state index is 5.64. The molecule has 0 amide bonds. The Kier molecular flexibility index (Phi) is 3.40. The van der Waals surface area contributed by atoms with Gasteiger partial charge in [0, 0.05) is 0 Å². The minimum Gasteiger partial charge on any atom is -0.489 e. The molecule has 2 aromatic rings. The number of amidine groups is 1. The highest BCUT2D eigenvalue weighted by molar-refractivity contribution is 5.92. The number of rotatable bonds is 4. The maximum atomic E-state index is 5.64. The lowest BCUT2D eigenvalue weighted by Crippen LogP contribution is -2.46. The molecule has 0 aliphatic heterocycles. The van der Waals surface area contributed by atoms with Crippen LogP contribution in [0.1, 0.15) is 11.1 Å². The first kappa shape index (κ1) is 11.2. The lowest BCUT2D eigenvalue weighted by molar-refractivity contribution is -0.114. The molecule has 0 atom stereocenters. The van der Waals surface area contributed by atoms with Crippen molar-refractivity contribution in [1.82, 2.24) is 0 Å². The molecule has 0 spiro atoms. The van der Waals surface area contributed by atoms with Gasteiger partial charge in [0.2, 0.25) is 0 Å². The van der Waals surface area contributed by atoms with Crippen LogP contribution in [0.15, 0.2) is 54.6 Å². The molecule has 0 saturated carbocycles. The Morgan fingerprint density at radius 1 is 1.00 bits per heavy atom. The van der Waals surface area contributed by atoms with Crippen LogP contribution in [-0.4, -0.2) is 5.84 Å². The molecular weight excluding hydrogens is 212 g/mol. The zero-order valence-electron chi connectivity index (χ0n) is 9.47. The van der Waals surface area contributed by atoms with Crippen molar-refractivity contribution in [3.05, 3.63) is 65.7 Å². The van der Waals surface area contributed by atoms with Crippen molar-refractivity contribution in [3.8, 4) is 5.75 Å². The quantitative estimate of drug-likeness (QED) is 0.597. The summed E-state index contributed by atoms with van der Waals surface area (Å²) < 4.78 is 5.64. The number of ether oxygens (including phenoxy) is 1. The van der Waals surface area contributed by atoms with Gasteiger partial charge in [0.15, 0.2) is 0 Å². The van der Waals surface area contributed by atoms with E-state index in [0.717, 1.165) is 16.9 Å². The van der Waals surface area contributed by atoms with Gasteiger partial charge in [0.25, 0.3) is 5.84 Å². The second-order valence-electron chi connectivity index (χ2n) is 3.75. The number of hydrogen-bond donors (Lipinski definition) is 2. The minimum atomic E-state index is 0.319. The molecule has 17 heavy (non-hydrogen) atoms. The summed E-state index contributed by atoms with van der Waals surface area (Å²) in [6.45, 7) is 0.558. The largest absolute Gasteiger partial charge is 0.489 e. The molecule has 3 nitrogen and oxygen atoms in total. The molecule has 0 unspecified atom stereocenters.